The standard InChI is InChI=1S/C18H23ClN2O2/c1-20(12-15-4-2-3-5-16(15)19)17(22)14-8-10-21(11-9-14)18(23)13-6-7-13/h2-5,13-14H,6-12H2,1H3. The normalized spacial score (nSPS) is 18.8. The first-order valence-corrected chi connectivity index (χ1v) is 8.71. The van der Waals surface area contributed by atoms with Crippen molar-refractivity contribution in [1.82, 2.24) is 9.80 Å². The van der Waals surface area contributed by atoms with Crippen molar-refractivity contribution in [2.24, 2.45) is 11.8 Å². The van der Waals surface area contributed by atoms with Crippen LogP contribution in [-0.2, 0) is 16.1 Å². The Kier molecular flexibility index (Phi) is 4.90. The maximum atomic E-state index is 12.6. The second-order valence-corrected chi connectivity index (χ2v) is 7.07. The summed E-state index contributed by atoms with van der Waals surface area (Å²) < 4.78 is 0. The fraction of sp³-hybridized carbons (Fsp3) is 0.556. The Balaban J connectivity index is 1.52. The Morgan fingerprint density at radius 3 is 2.39 bits per heavy atom. The number of likely N-dealkylation sites (tertiary alicyclic amines) is 1. The van der Waals surface area contributed by atoms with Gasteiger partial charge < -0.3 is 9.80 Å². The molecule has 1 aromatic carbocycles. The van der Waals surface area contributed by atoms with E-state index in [-0.39, 0.29) is 17.7 Å². The maximum absolute atomic E-state index is 12.6. The molecule has 1 aliphatic carbocycles. The van der Waals surface area contributed by atoms with Crippen molar-refractivity contribution >= 4 is 23.4 Å². The summed E-state index contributed by atoms with van der Waals surface area (Å²) >= 11 is 6.17. The zero-order valence-electron chi connectivity index (χ0n) is 13.5. The number of carbonyl (C=O) groups is 2. The van der Waals surface area contributed by atoms with Crippen molar-refractivity contribution in [3.05, 3.63) is 34.9 Å². The van der Waals surface area contributed by atoms with Crippen LogP contribution in [0.5, 0.6) is 0 Å². The second kappa shape index (κ2) is 6.91. The third kappa shape index (κ3) is 3.86. The van der Waals surface area contributed by atoms with Gasteiger partial charge in [-0.2, -0.15) is 0 Å². The van der Waals surface area contributed by atoms with Crippen LogP contribution >= 0.6 is 11.6 Å². The van der Waals surface area contributed by atoms with Gasteiger partial charge in [-0.15, -0.1) is 0 Å². The van der Waals surface area contributed by atoms with Crippen LogP contribution in [0.15, 0.2) is 24.3 Å². The number of hydrogen-bond donors (Lipinski definition) is 0. The van der Waals surface area contributed by atoms with Gasteiger partial charge in [0, 0.05) is 43.5 Å². The molecule has 0 unspecified atom stereocenters. The molecule has 2 aliphatic rings. The predicted octanol–water partition coefficient (Wildman–Crippen LogP) is 2.95. The predicted molar refractivity (Wildman–Crippen MR) is 90.0 cm³/mol. The largest absolute Gasteiger partial charge is 0.342 e. The molecule has 2 fully saturated rings. The van der Waals surface area contributed by atoms with E-state index in [4.69, 9.17) is 11.6 Å². The van der Waals surface area contributed by atoms with Crippen LogP contribution in [0, 0.1) is 11.8 Å². The van der Waals surface area contributed by atoms with Crippen LogP contribution in [0.3, 0.4) is 0 Å². The quantitative estimate of drug-likeness (QED) is 0.849. The van der Waals surface area contributed by atoms with Gasteiger partial charge in [-0.1, -0.05) is 29.8 Å². The first kappa shape index (κ1) is 16.3. The summed E-state index contributed by atoms with van der Waals surface area (Å²) in [5.41, 5.74) is 0.964. The lowest BCUT2D eigenvalue weighted by Gasteiger charge is -2.33. The molecule has 124 valence electrons. The molecule has 0 bridgehead atoms. The van der Waals surface area contributed by atoms with Crippen LogP contribution < -0.4 is 0 Å². The molecule has 0 spiro atoms. The number of halogens is 1. The van der Waals surface area contributed by atoms with Gasteiger partial charge in [-0.05, 0) is 37.3 Å². The fourth-order valence-electron chi connectivity index (χ4n) is 3.21. The molecule has 0 atom stereocenters. The van der Waals surface area contributed by atoms with Crippen LogP contribution in [0.4, 0.5) is 0 Å². The lowest BCUT2D eigenvalue weighted by atomic mass is 9.95. The van der Waals surface area contributed by atoms with Crippen molar-refractivity contribution in [3.63, 3.8) is 0 Å². The Morgan fingerprint density at radius 2 is 1.78 bits per heavy atom. The van der Waals surface area contributed by atoms with Gasteiger partial charge in [0.05, 0.1) is 0 Å². The maximum Gasteiger partial charge on any atom is 0.225 e. The molecule has 1 aromatic rings. The number of piperidine rings is 1. The molecule has 1 heterocycles. The number of nitrogens with zero attached hydrogens (tertiary/aromatic N) is 2. The number of amides is 2. The van der Waals surface area contributed by atoms with Crippen molar-refractivity contribution in [3.8, 4) is 0 Å². The highest BCUT2D eigenvalue weighted by molar-refractivity contribution is 6.31. The minimum atomic E-state index is 0.0192. The average molecular weight is 335 g/mol. The SMILES string of the molecule is CN(Cc1ccccc1Cl)C(=O)C1CCN(C(=O)C2CC2)CC1. The zero-order valence-corrected chi connectivity index (χ0v) is 14.3. The van der Waals surface area contributed by atoms with Gasteiger partial charge in [-0.3, -0.25) is 9.59 Å². The van der Waals surface area contributed by atoms with Crippen molar-refractivity contribution in [1.29, 1.82) is 0 Å². The first-order valence-electron chi connectivity index (χ1n) is 8.33. The average Bonchev–Trinajstić information content (AvgIpc) is 3.40. The summed E-state index contributed by atoms with van der Waals surface area (Å²) in [5, 5.41) is 0.692. The molecule has 0 aromatic heterocycles. The molecular formula is C18H23ClN2O2. The van der Waals surface area contributed by atoms with Crippen LogP contribution in [-0.4, -0.2) is 41.8 Å². The number of benzene rings is 1. The highest BCUT2D eigenvalue weighted by atomic mass is 35.5. The minimum Gasteiger partial charge on any atom is -0.342 e. The summed E-state index contributed by atoms with van der Waals surface area (Å²) in [5.74, 6) is 0.736. The number of carbonyl (C=O) groups excluding carboxylic acids is 2. The molecule has 1 aliphatic heterocycles. The van der Waals surface area contributed by atoms with Gasteiger partial charge in [0.25, 0.3) is 0 Å². The van der Waals surface area contributed by atoms with E-state index < -0.39 is 0 Å². The van der Waals surface area contributed by atoms with Gasteiger partial charge in [0.15, 0.2) is 0 Å². The Labute approximate surface area is 142 Å². The van der Waals surface area contributed by atoms with Gasteiger partial charge in [-0.25, -0.2) is 0 Å². The Bertz CT molecular complexity index is 592. The molecule has 3 rings (SSSR count). The molecule has 0 N–H and O–H groups in total. The van der Waals surface area contributed by atoms with Crippen LogP contribution in [0.2, 0.25) is 5.02 Å². The van der Waals surface area contributed by atoms with E-state index in [0.717, 1.165) is 31.2 Å². The molecule has 2 amide bonds. The van der Waals surface area contributed by atoms with Crippen LogP contribution in [0.25, 0.3) is 0 Å². The summed E-state index contributed by atoms with van der Waals surface area (Å²) in [6, 6.07) is 7.61. The Morgan fingerprint density at radius 1 is 1.13 bits per heavy atom. The van der Waals surface area contributed by atoms with E-state index in [2.05, 4.69) is 0 Å². The molecule has 0 radical (unpaired) electrons. The molecule has 5 heteroatoms. The lowest BCUT2D eigenvalue weighted by Crippen LogP contribution is -2.43. The smallest absolute Gasteiger partial charge is 0.225 e. The fourth-order valence-corrected chi connectivity index (χ4v) is 3.40. The summed E-state index contributed by atoms with van der Waals surface area (Å²) in [6.45, 7) is 1.96. The van der Waals surface area contributed by atoms with Crippen LogP contribution in [0.1, 0.15) is 31.2 Å². The van der Waals surface area contributed by atoms with Crippen molar-refractivity contribution in [2.45, 2.75) is 32.2 Å². The van der Waals surface area contributed by atoms with E-state index >= 15 is 0 Å². The van der Waals surface area contributed by atoms with Gasteiger partial charge in [0.2, 0.25) is 11.8 Å². The van der Waals surface area contributed by atoms with Crippen molar-refractivity contribution in [2.75, 3.05) is 20.1 Å². The molecule has 1 saturated carbocycles. The lowest BCUT2D eigenvalue weighted by molar-refractivity contribution is -0.140. The highest BCUT2D eigenvalue weighted by Crippen LogP contribution is 2.32. The zero-order chi connectivity index (χ0) is 16.4. The van der Waals surface area contributed by atoms with E-state index in [0.29, 0.717) is 30.6 Å². The third-order valence-corrected chi connectivity index (χ3v) is 5.19. The van der Waals surface area contributed by atoms with E-state index in [1.54, 1.807) is 4.90 Å². The van der Waals surface area contributed by atoms with E-state index in [1.807, 2.05) is 36.2 Å². The van der Waals surface area contributed by atoms with E-state index in [1.165, 1.54) is 0 Å². The minimum absolute atomic E-state index is 0.0192. The highest BCUT2D eigenvalue weighted by Gasteiger charge is 2.36. The second-order valence-electron chi connectivity index (χ2n) is 6.66. The monoisotopic (exact) mass is 334 g/mol. The van der Waals surface area contributed by atoms with Crippen molar-refractivity contribution < 1.29 is 9.59 Å². The third-order valence-electron chi connectivity index (χ3n) is 4.82. The summed E-state index contributed by atoms with van der Waals surface area (Å²) in [7, 11) is 1.83. The molecule has 23 heavy (non-hydrogen) atoms. The van der Waals surface area contributed by atoms with Gasteiger partial charge in [0.1, 0.15) is 0 Å². The van der Waals surface area contributed by atoms with Gasteiger partial charge >= 0.3 is 0 Å². The Hall–Kier alpha value is -1.55. The summed E-state index contributed by atoms with van der Waals surface area (Å²) in [6.07, 6.45) is 3.62. The van der Waals surface area contributed by atoms with E-state index in [9.17, 15) is 9.59 Å². The topological polar surface area (TPSA) is 40.6 Å². The number of hydrogen-bond acceptors (Lipinski definition) is 2. The number of rotatable bonds is 4. The summed E-state index contributed by atoms with van der Waals surface area (Å²) in [4.78, 5) is 28.4. The molecule has 4 nitrogen and oxygen atoms in total. The molecular weight excluding hydrogens is 312 g/mol. The first-order chi connectivity index (χ1) is 11.1. The molecule has 1 saturated heterocycles.